The van der Waals surface area contributed by atoms with Gasteiger partial charge in [0.2, 0.25) is 5.78 Å². The predicted molar refractivity (Wildman–Crippen MR) is 91.7 cm³/mol. The zero-order chi connectivity index (χ0) is 18.1. The number of hydrogen-bond donors (Lipinski definition) is 0. The van der Waals surface area contributed by atoms with Gasteiger partial charge in [-0.25, -0.2) is 0 Å². The Morgan fingerprint density at radius 3 is 2.60 bits per heavy atom. The van der Waals surface area contributed by atoms with Crippen LogP contribution in [0.15, 0.2) is 24.3 Å². The van der Waals surface area contributed by atoms with Crippen molar-refractivity contribution in [3.63, 3.8) is 0 Å². The van der Waals surface area contributed by atoms with Gasteiger partial charge in [-0.05, 0) is 38.8 Å². The number of aryl methyl sites for hydroxylation is 1. The number of aromatic nitrogens is 1. The first-order valence-electron chi connectivity index (χ1n) is 8.09. The maximum absolute atomic E-state index is 12.6. The van der Waals surface area contributed by atoms with E-state index >= 15 is 0 Å². The minimum absolute atomic E-state index is 0.116. The van der Waals surface area contributed by atoms with Gasteiger partial charge in [-0.3, -0.25) is 14.9 Å². The highest BCUT2D eigenvalue weighted by Crippen LogP contribution is 2.38. The smallest absolute Gasteiger partial charge is 0.273 e. The highest BCUT2D eigenvalue weighted by atomic mass is 16.6. The van der Waals surface area contributed by atoms with Crippen LogP contribution >= 0.6 is 0 Å². The summed E-state index contributed by atoms with van der Waals surface area (Å²) in [6.07, 6.45) is 2.29. The Kier molecular flexibility index (Phi) is 4.48. The minimum Gasteiger partial charge on any atom is -0.493 e. The Morgan fingerprint density at radius 1 is 1.28 bits per heavy atom. The Bertz CT molecular complexity index is 836. The first-order valence-corrected chi connectivity index (χ1v) is 8.09. The molecule has 0 atom stereocenters. The number of benzene rings is 1. The van der Waals surface area contributed by atoms with E-state index in [1.165, 1.54) is 25.3 Å². The zero-order valence-electron chi connectivity index (χ0n) is 14.4. The van der Waals surface area contributed by atoms with Gasteiger partial charge in [0.15, 0.2) is 18.1 Å². The number of carbonyl (C=O) groups is 1. The molecule has 25 heavy (non-hydrogen) atoms. The lowest BCUT2D eigenvalue weighted by Crippen LogP contribution is -2.13. The number of ether oxygens (including phenoxy) is 2. The molecule has 1 fully saturated rings. The summed E-state index contributed by atoms with van der Waals surface area (Å²) in [4.78, 5) is 22.9. The van der Waals surface area contributed by atoms with Crippen LogP contribution in [0.4, 0.5) is 5.69 Å². The average molecular weight is 344 g/mol. The number of nitro benzene ring substituents is 1. The van der Waals surface area contributed by atoms with E-state index in [2.05, 4.69) is 4.57 Å². The van der Waals surface area contributed by atoms with Crippen LogP contribution in [0, 0.1) is 24.0 Å². The number of nitrogens with zero attached hydrogens (tertiary/aromatic N) is 2. The molecule has 0 spiro atoms. The standard InChI is InChI=1S/C18H20N2O5/c1-11-8-15(12(2)19(11)13-4-5-13)16(21)10-25-18-9-14(20(22)23)6-7-17(18)24-3/h6-9,13H,4-5,10H2,1-3H3. The van der Waals surface area contributed by atoms with Crippen LogP contribution in [-0.4, -0.2) is 29.0 Å². The minimum atomic E-state index is -0.516. The maximum atomic E-state index is 12.6. The van der Waals surface area contributed by atoms with Crippen molar-refractivity contribution in [2.24, 2.45) is 0 Å². The quantitative estimate of drug-likeness (QED) is 0.435. The molecule has 1 aliphatic rings. The van der Waals surface area contributed by atoms with Crippen LogP contribution in [0.5, 0.6) is 11.5 Å². The summed E-state index contributed by atoms with van der Waals surface area (Å²) in [5.74, 6) is 0.372. The molecule has 132 valence electrons. The van der Waals surface area contributed by atoms with Crippen molar-refractivity contribution in [1.82, 2.24) is 4.57 Å². The summed E-state index contributed by atoms with van der Waals surface area (Å²) in [5, 5.41) is 10.9. The molecule has 1 aromatic carbocycles. The SMILES string of the molecule is COc1ccc([N+](=O)[O-])cc1OCC(=O)c1cc(C)n(C2CC2)c1C. The zero-order valence-corrected chi connectivity index (χ0v) is 14.4. The third kappa shape index (κ3) is 3.35. The van der Waals surface area contributed by atoms with Gasteiger partial charge >= 0.3 is 0 Å². The molecule has 1 aromatic heterocycles. The largest absolute Gasteiger partial charge is 0.493 e. The fourth-order valence-corrected chi connectivity index (χ4v) is 3.07. The summed E-state index contributed by atoms with van der Waals surface area (Å²) in [5.41, 5.74) is 2.53. The lowest BCUT2D eigenvalue weighted by Gasteiger charge is -2.10. The second-order valence-electron chi connectivity index (χ2n) is 6.19. The molecule has 7 nitrogen and oxygen atoms in total. The van der Waals surface area contributed by atoms with Crippen LogP contribution in [0.3, 0.4) is 0 Å². The Balaban J connectivity index is 1.77. The van der Waals surface area contributed by atoms with E-state index in [9.17, 15) is 14.9 Å². The third-order valence-electron chi connectivity index (χ3n) is 4.41. The van der Waals surface area contributed by atoms with Crippen LogP contribution < -0.4 is 9.47 Å². The summed E-state index contributed by atoms with van der Waals surface area (Å²) >= 11 is 0. The fraction of sp³-hybridized carbons (Fsp3) is 0.389. The second-order valence-corrected chi connectivity index (χ2v) is 6.19. The molecule has 1 saturated carbocycles. The van der Waals surface area contributed by atoms with Crippen LogP contribution in [0.2, 0.25) is 0 Å². The fourth-order valence-electron chi connectivity index (χ4n) is 3.07. The summed E-state index contributed by atoms with van der Waals surface area (Å²) < 4.78 is 12.9. The molecule has 0 amide bonds. The van der Waals surface area contributed by atoms with Gasteiger partial charge in [-0.1, -0.05) is 0 Å². The van der Waals surface area contributed by atoms with Crippen LogP contribution in [0.1, 0.15) is 40.6 Å². The number of carbonyl (C=O) groups excluding carboxylic acids is 1. The predicted octanol–water partition coefficient (Wildman–Crippen LogP) is 3.62. The van der Waals surface area contributed by atoms with Gasteiger partial charge in [0.25, 0.3) is 5.69 Å². The molecule has 1 aliphatic carbocycles. The molecule has 2 aromatic rings. The molecule has 0 N–H and O–H groups in total. The number of non-ortho nitro benzene ring substituents is 1. The van der Waals surface area contributed by atoms with E-state index < -0.39 is 4.92 Å². The normalized spacial score (nSPS) is 13.6. The van der Waals surface area contributed by atoms with Gasteiger partial charge in [-0.2, -0.15) is 0 Å². The van der Waals surface area contributed by atoms with Gasteiger partial charge in [0.05, 0.1) is 18.1 Å². The lowest BCUT2D eigenvalue weighted by molar-refractivity contribution is -0.385. The third-order valence-corrected chi connectivity index (χ3v) is 4.41. The first kappa shape index (κ1) is 17.0. The monoisotopic (exact) mass is 344 g/mol. The summed E-state index contributed by atoms with van der Waals surface area (Å²) in [6, 6.07) is 6.43. The van der Waals surface area contributed by atoms with Gasteiger partial charge in [0, 0.05) is 29.1 Å². The van der Waals surface area contributed by atoms with Gasteiger partial charge in [0.1, 0.15) is 0 Å². The second kappa shape index (κ2) is 6.58. The van der Waals surface area contributed by atoms with Crippen molar-refractivity contribution in [1.29, 1.82) is 0 Å². The highest BCUT2D eigenvalue weighted by Gasteiger charge is 2.28. The van der Waals surface area contributed by atoms with E-state index in [1.54, 1.807) is 0 Å². The number of Topliss-reactive ketones (excluding diaryl/α,β-unsaturated/α-hetero) is 1. The molecule has 0 aliphatic heterocycles. The molecular formula is C18H20N2O5. The topological polar surface area (TPSA) is 83.6 Å². The Morgan fingerprint density at radius 2 is 2.00 bits per heavy atom. The van der Waals surface area contributed by atoms with Crippen molar-refractivity contribution in [2.45, 2.75) is 32.7 Å². The molecule has 1 heterocycles. The highest BCUT2D eigenvalue weighted by molar-refractivity contribution is 5.98. The Labute approximate surface area is 145 Å². The molecular weight excluding hydrogens is 324 g/mol. The van der Waals surface area contributed by atoms with E-state index in [-0.39, 0.29) is 23.8 Å². The average Bonchev–Trinajstić information content (AvgIpc) is 3.37. The summed E-state index contributed by atoms with van der Waals surface area (Å²) in [7, 11) is 1.44. The van der Waals surface area contributed by atoms with E-state index in [4.69, 9.17) is 9.47 Å². The lowest BCUT2D eigenvalue weighted by atomic mass is 10.1. The van der Waals surface area contributed by atoms with E-state index in [1.807, 2.05) is 19.9 Å². The molecule has 0 radical (unpaired) electrons. The number of rotatable bonds is 7. The number of nitro groups is 1. The number of methoxy groups -OCH3 is 1. The van der Waals surface area contributed by atoms with E-state index in [0.29, 0.717) is 17.4 Å². The van der Waals surface area contributed by atoms with E-state index in [0.717, 1.165) is 24.2 Å². The number of hydrogen-bond acceptors (Lipinski definition) is 5. The molecule has 3 rings (SSSR count). The molecule has 0 bridgehead atoms. The van der Waals surface area contributed by atoms with Crippen molar-refractivity contribution in [3.8, 4) is 11.5 Å². The molecule has 0 saturated heterocycles. The summed E-state index contributed by atoms with van der Waals surface area (Å²) in [6.45, 7) is 3.73. The van der Waals surface area contributed by atoms with Crippen molar-refractivity contribution >= 4 is 11.5 Å². The molecule has 0 unspecified atom stereocenters. The first-order chi connectivity index (χ1) is 11.9. The van der Waals surface area contributed by atoms with Crippen LogP contribution in [-0.2, 0) is 0 Å². The van der Waals surface area contributed by atoms with Crippen molar-refractivity contribution < 1.29 is 19.2 Å². The number of ketones is 1. The Hall–Kier alpha value is -2.83. The van der Waals surface area contributed by atoms with Crippen molar-refractivity contribution in [3.05, 3.63) is 51.3 Å². The molecule has 7 heteroatoms. The maximum Gasteiger partial charge on any atom is 0.273 e. The van der Waals surface area contributed by atoms with Crippen molar-refractivity contribution in [2.75, 3.05) is 13.7 Å². The van der Waals surface area contributed by atoms with Gasteiger partial charge < -0.3 is 14.0 Å². The van der Waals surface area contributed by atoms with Gasteiger partial charge in [-0.15, -0.1) is 0 Å². The van der Waals surface area contributed by atoms with Crippen LogP contribution in [0.25, 0.3) is 0 Å².